The minimum atomic E-state index is -4.23. The standard InChI is InChI=1S/C11H15F3N2O/c1-7-4-5-16(15-7)10-6-8(17)2-3-9(10)11(12,13)14/h4-5,8-10,17H,2-3,6H2,1H3. The molecule has 1 heterocycles. The fourth-order valence-electron chi connectivity index (χ4n) is 2.42. The lowest BCUT2D eigenvalue weighted by atomic mass is 9.82. The van der Waals surface area contributed by atoms with E-state index in [4.69, 9.17) is 0 Å². The number of aromatic nitrogens is 2. The molecule has 1 aromatic heterocycles. The molecule has 0 aliphatic heterocycles. The molecule has 96 valence electrons. The van der Waals surface area contributed by atoms with Crippen LogP contribution in [0.25, 0.3) is 0 Å². The largest absolute Gasteiger partial charge is 0.393 e. The van der Waals surface area contributed by atoms with Crippen LogP contribution < -0.4 is 0 Å². The van der Waals surface area contributed by atoms with Crippen molar-refractivity contribution < 1.29 is 18.3 Å². The Morgan fingerprint density at radius 2 is 2.12 bits per heavy atom. The lowest BCUT2D eigenvalue weighted by molar-refractivity contribution is -0.199. The highest BCUT2D eigenvalue weighted by molar-refractivity contribution is 4.98. The van der Waals surface area contributed by atoms with E-state index < -0.39 is 24.2 Å². The molecule has 0 spiro atoms. The summed E-state index contributed by atoms with van der Waals surface area (Å²) in [5.41, 5.74) is 0.686. The second-order valence-corrected chi connectivity index (χ2v) is 4.62. The predicted octanol–water partition coefficient (Wildman–Crippen LogP) is 2.46. The van der Waals surface area contributed by atoms with Gasteiger partial charge in [-0.25, -0.2) is 0 Å². The Bertz CT molecular complexity index is 388. The first-order valence-electron chi connectivity index (χ1n) is 5.64. The van der Waals surface area contributed by atoms with Gasteiger partial charge >= 0.3 is 6.18 Å². The van der Waals surface area contributed by atoms with Crippen LogP contribution in [0.5, 0.6) is 0 Å². The third-order valence-corrected chi connectivity index (χ3v) is 3.29. The third kappa shape index (κ3) is 2.62. The fraction of sp³-hybridized carbons (Fsp3) is 0.727. The van der Waals surface area contributed by atoms with Crippen LogP contribution in [0.15, 0.2) is 12.3 Å². The summed E-state index contributed by atoms with van der Waals surface area (Å²) in [4.78, 5) is 0. The van der Waals surface area contributed by atoms with E-state index in [0.29, 0.717) is 5.69 Å². The maximum atomic E-state index is 12.9. The number of halogens is 3. The molecule has 3 atom stereocenters. The number of aryl methyl sites for hydroxylation is 1. The highest BCUT2D eigenvalue weighted by Crippen LogP contribution is 2.43. The van der Waals surface area contributed by atoms with Crippen molar-refractivity contribution in [3.8, 4) is 0 Å². The number of rotatable bonds is 1. The highest BCUT2D eigenvalue weighted by atomic mass is 19.4. The van der Waals surface area contributed by atoms with Crippen molar-refractivity contribution >= 4 is 0 Å². The Morgan fingerprint density at radius 3 is 2.65 bits per heavy atom. The normalized spacial score (nSPS) is 30.5. The summed E-state index contributed by atoms with van der Waals surface area (Å²) in [5.74, 6) is -1.41. The van der Waals surface area contributed by atoms with Crippen LogP contribution in [0, 0.1) is 12.8 Å². The van der Waals surface area contributed by atoms with E-state index in [1.165, 1.54) is 4.68 Å². The summed E-state index contributed by atoms with van der Waals surface area (Å²) in [6.45, 7) is 1.73. The number of nitrogens with zero attached hydrogens (tertiary/aromatic N) is 2. The first kappa shape index (κ1) is 12.4. The van der Waals surface area contributed by atoms with Gasteiger partial charge in [0.05, 0.1) is 23.8 Å². The predicted molar refractivity (Wildman–Crippen MR) is 55.4 cm³/mol. The Balaban J connectivity index is 2.26. The Kier molecular flexibility index (Phi) is 3.16. The van der Waals surface area contributed by atoms with Gasteiger partial charge in [-0.3, -0.25) is 4.68 Å². The van der Waals surface area contributed by atoms with E-state index in [0.717, 1.165) is 0 Å². The fourth-order valence-corrected chi connectivity index (χ4v) is 2.42. The zero-order valence-corrected chi connectivity index (χ0v) is 9.48. The number of hydrogen-bond acceptors (Lipinski definition) is 2. The van der Waals surface area contributed by atoms with Gasteiger partial charge < -0.3 is 5.11 Å². The van der Waals surface area contributed by atoms with E-state index in [9.17, 15) is 18.3 Å². The highest BCUT2D eigenvalue weighted by Gasteiger charge is 2.48. The van der Waals surface area contributed by atoms with Crippen molar-refractivity contribution in [2.75, 3.05) is 0 Å². The maximum Gasteiger partial charge on any atom is 0.393 e. The smallest absolute Gasteiger partial charge is 0.393 e. The summed E-state index contributed by atoms with van der Waals surface area (Å²) >= 11 is 0. The van der Waals surface area contributed by atoms with Crippen LogP contribution in [0.2, 0.25) is 0 Å². The Hall–Kier alpha value is -1.04. The number of aliphatic hydroxyl groups is 1. The monoisotopic (exact) mass is 248 g/mol. The van der Waals surface area contributed by atoms with Crippen molar-refractivity contribution in [2.24, 2.45) is 5.92 Å². The number of alkyl halides is 3. The summed E-state index contributed by atoms with van der Waals surface area (Å²) in [7, 11) is 0. The molecule has 1 aliphatic carbocycles. The molecule has 17 heavy (non-hydrogen) atoms. The summed E-state index contributed by atoms with van der Waals surface area (Å²) in [6, 6.07) is 0.890. The minimum absolute atomic E-state index is 0.0335. The van der Waals surface area contributed by atoms with Gasteiger partial charge in [0, 0.05) is 6.20 Å². The van der Waals surface area contributed by atoms with Gasteiger partial charge in [-0.1, -0.05) is 0 Å². The molecule has 1 aromatic rings. The topological polar surface area (TPSA) is 38.0 Å². The van der Waals surface area contributed by atoms with E-state index >= 15 is 0 Å². The molecule has 3 unspecified atom stereocenters. The molecule has 0 aromatic carbocycles. The molecular formula is C11H15F3N2O. The number of hydrogen-bond donors (Lipinski definition) is 1. The van der Waals surface area contributed by atoms with Gasteiger partial charge in [0.1, 0.15) is 0 Å². The summed E-state index contributed by atoms with van der Waals surface area (Å²) < 4.78 is 40.0. The van der Waals surface area contributed by atoms with Gasteiger partial charge in [0.2, 0.25) is 0 Å². The third-order valence-electron chi connectivity index (χ3n) is 3.29. The van der Waals surface area contributed by atoms with Crippen molar-refractivity contribution in [3.05, 3.63) is 18.0 Å². The van der Waals surface area contributed by atoms with Crippen LogP contribution >= 0.6 is 0 Å². The average Bonchev–Trinajstić information content (AvgIpc) is 2.62. The van der Waals surface area contributed by atoms with Crippen molar-refractivity contribution in [1.82, 2.24) is 9.78 Å². The summed E-state index contributed by atoms with van der Waals surface area (Å²) in [6.07, 6.45) is -3.05. The van der Waals surface area contributed by atoms with Crippen LogP contribution in [-0.2, 0) is 0 Å². The van der Waals surface area contributed by atoms with Crippen LogP contribution in [0.4, 0.5) is 13.2 Å². The molecule has 0 bridgehead atoms. The zero-order valence-electron chi connectivity index (χ0n) is 9.48. The van der Waals surface area contributed by atoms with E-state index in [1.54, 1.807) is 19.2 Å². The van der Waals surface area contributed by atoms with E-state index in [1.807, 2.05) is 0 Å². The van der Waals surface area contributed by atoms with Crippen LogP contribution in [0.3, 0.4) is 0 Å². The van der Waals surface area contributed by atoms with Gasteiger partial charge in [0.15, 0.2) is 0 Å². The molecule has 1 N–H and O–H groups in total. The molecule has 0 radical (unpaired) electrons. The Morgan fingerprint density at radius 1 is 1.41 bits per heavy atom. The van der Waals surface area contributed by atoms with E-state index in [-0.39, 0.29) is 19.3 Å². The molecule has 1 fully saturated rings. The molecule has 3 nitrogen and oxygen atoms in total. The van der Waals surface area contributed by atoms with E-state index in [2.05, 4.69) is 5.10 Å². The molecule has 1 saturated carbocycles. The molecule has 6 heteroatoms. The first-order valence-corrected chi connectivity index (χ1v) is 5.64. The molecule has 1 aliphatic rings. The first-order chi connectivity index (χ1) is 7.88. The SMILES string of the molecule is Cc1ccn(C2CC(O)CCC2C(F)(F)F)n1. The summed E-state index contributed by atoms with van der Waals surface area (Å²) in [5, 5.41) is 13.6. The second kappa shape index (κ2) is 4.33. The molecular weight excluding hydrogens is 233 g/mol. The molecule has 0 saturated heterocycles. The van der Waals surface area contributed by atoms with Crippen molar-refractivity contribution in [1.29, 1.82) is 0 Å². The maximum absolute atomic E-state index is 12.9. The average molecular weight is 248 g/mol. The quantitative estimate of drug-likeness (QED) is 0.829. The lowest BCUT2D eigenvalue weighted by Gasteiger charge is -2.35. The van der Waals surface area contributed by atoms with Gasteiger partial charge in [-0.05, 0) is 32.3 Å². The second-order valence-electron chi connectivity index (χ2n) is 4.62. The van der Waals surface area contributed by atoms with Gasteiger partial charge in [-0.2, -0.15) is 18.3 Å². The molecule has 2 rings (SSSR count). The number of aliphatic hydroxyl groups excluding tert-OH is 1. The van der Waals surface area contributed by atoms with Crippen molar-refractivity contribution in [3.63, 3.8) is 0 Å². The zero-order chi connectivity index (χ0) is 12.6. The van der Waals surface area contributed by atoms with Crippen LogP contribution in [0.1, 0.15) is 31.0 Å². The Labute approximate surface area is 97.2 Å². The minimum Gasteiger partial charge on any atom is -0.393 e. The van der Waals surface area contributed by atoms with Crippen LogP contribution in [-0.4, -0.2) is 27.2 Å². The van der Waals surface area contributed by atoms with Gasteiger partial charge in [0.25, 0.3) is 0 Å². The lowest BCUT2D eigenvalue weighted by Crippen LogP contribution is -2.38. The van der Waals surface area contributed by atoms with Gasteiger partial charge in [-0.15, -0.1) is 0 Å². The van der Waals surface area contributed by atoms with Crippen molar-refractivity contribution in [2.45, 2.75) is 44.5 Å². The molecule has 0 amide bonds.